The Kier molecular flexibility index (Phi) is 4.39. The van der Waals surface area contributed by atoms with E-state index in [4.69, 9.17) is 0 Å². The minimum absolute atomic E-state index is 0.148. The maximum Gasteiger partial charge on any atom is 0.271 e. The molecule has 1 aliphatic rings. The number of carbonyl (C=O) groups excluding carboxylic acids is 1. The molecule has 1 atom stereocenters. The lowest BCUT2D eigenvalue weighted by molar-refractivity contribution is 0.0932. The number of benzene rings is 2. The van der Waals surface area contributed by atoms with Gasteiger partial charge in [0.05, 0.1) is 17.2 Å². The van der Waals surface area contributed by atoms with Gasteiger partial charge in [-0.1, -0.05) is 42.5 Å². The molecule has 1 amide bonds. The van der Waals surface area contributed by atoms with Crippen LogP contribution >= 0.6 is 0 Å². The van der Waals surface area contributed by atoms with Gasteiger partial charge in [0.1, 0.15) is 5.69 Å². The average molecular weight is 332 g/mol. The Labute approximate surface area is 146 Å². The molecule has 0 saturated carbocycles. The van der Waals surface area contributed by atoms with Crippen molar-refractivity contribution in [3.05, 3.63) is 72.1 Å². The fourth-order valence-electron chi connectivity index (χ4n) is 3.26. The fourth-order valence-corrected chi connectivity index (χ4v) is 3.26. The summed E-state index contributed by atoms with van der Waals surface area (Å²) in [5, 5.41) is 3.09. The monoisotopic (exact) mass is 332 g/mol. The molecule has 0 aliphatic carbocycles. The van der Waals surface area contributed by atoms with E-state index < -0.39 is 0 Å². The van der Waals surface area contributed by atoms with Crippen molar-refractivity contribution in [1.82, 2.24) is 20.2 Å². The van der Waals surface area contributed by atoms with E-state index in [0.717, 1.165) is 37.1 Å². The number of amides is 1. The highest BCUT2D eigenvalue weighted by Gasteiger charge is 2.24. The van der Waals surface area contributed by atoms with Crippen LogP contribution in [0.2, 0.25) is 0 Å². The second-order valence-corrected chi connectivity index (χ2v) is 6.42. The van der Waals surface area contributed by atoms with Gasteiger partial charge >= 0.3 is 0 Å². The zero-order valence-electron chi connectivity index (χ0n) is 13.9. The van der Waals surface area contributed by atoms with Crippen LogP contribution in [0.3, 0.4) is 0 Å². The number of carbonyl (C=O) groups is 1. The topological polar surface area (TPSA) is 58.1 Å². The van der Waals surface area contributed by atoms with Crippen molar-refractivity contribution >= 4 is 16.9 Å². The second-order valence-electron chi connectivity index (χ2n) is 6.42. The number of rotatable bonds is 4. The first-order chi connectivity index (χ1) is 12.3. The van der Waals surface area contributed by atoms with Gasteiger partial charge in [0.25, 0.3) is 5.91 Å². The molecular formula is C20H20N4O. The summed E-state index contributed by atoms with van der Waals surface area (Å²) in [5.41, 5.74) is 3.22. The average Bonchev–Trinajstić information content (AvgIpc) is 3.09. The molecule has 2 aromatic carbocycles. The lowest BCUT2D eigenvalue weighted by Crippen LogP contribution is -2.37. The Morgan fingerprint density at radius 3 is 2.68 bits per heavy atom. The smallest absolute Gasteiger partial charge is 0.271 e. The van der Waals surface area contributed by atoms with E-state index in [-0.39, 0.29) is 11.9 Å². The van der Waals surface area contributed by atoms with Crippen LogP contribution in [0.5, 0.6) is 0 Å². The van der Waals surface area contributed by atoms with Gasteiger partial charge in [-0.05, 0) is 24.1 Å². The van der Waals surface area contributed by atoms with Gasteiger partial charge in [0.2, 0.25) is 0 Å². The normalized spacial score (nSPS) is 17.7. The molecule has 0 unspecified atom stereocenters. The SMILES string of the molecule is O=C(N[C@H]1CCN(Cc2ccccc2)C1)c1cnc2ccccc2n1. The number of para-hydroxylation sites is 2. The largest absolute Gasteiger partial charge is 0.347 e. The van der Waals surface area contributed by atoms with Gasteiger partial charge in [-0.3, -0.25) is 14.7 Å². The van der Waals surface area contributed by atoms with Crippen molar-refractivity contribution < 1.29 is 4.79 Å². The van der Waals surface area contributed by atoms with Crippen molar-refractivity contribution in [2.45, 2.75) is 19.0 Å². The predicted octanol–water partition coefficient (Wildman–Crippen LogP) is 2.63. The highest BCUT2D eigenvalue weighted by atomic mass is 16.2. The third kappa shape index (κ3) is 3.67. The van der Waals surface area contributed by atoms with Crippen LogP contribution in [0.1, 0.15) is 22.5 Å². The molecule has 1 N–H and O–H groups in total. The molecule has 126 valence electrons. The van der Waals surface area contributed by atoms with E-state index in [2.05, 4.69) is 44.5 Å². The Morgan fingerprint density at radius 1 is 1.08 bits per heavy atom. The lowest BCUT2D eigenvalue weighted by atomic mass is 10.2. The van der Waals surface area contributed by atoms with Gasteiger partial charge in [0, 0.05) is 25.7 Å². The summed E-state index contributed by atoms with van der Waals surface area (Å²) in [7, 11) is 0. The molecule has 2 heterocycles. The second kappa shape index (κ2) is 6.99. The van der Waals surface area contributed by atoms with E-state index in [0.29, 0.717) is 5.69 Å². The summed E-state index contributed by atoms with van der Waals surface area (Å²) in [6, 6.07) is 18.1. The Bertz CT molecular complexity index is 881. The van der Waals surface area contributed by atoms with E-state index in [1.165, 1.54) is 5.56 Å². The molecule has 5 nitrogen and oxygen atoms in total. The number of nitrogens with one attached hydrogen (secondary N) is 1. The summed E-state index contributed by atoms with van der Waals surface area (Å²) in [5.74, 6) is -0.148. The molecule has 25 heavy (non-hydrogen) atoms. The molecule has 0 spiro atoms. The van der Waals surface area contributed by atoms with Crippen molar-refractivity contribution in [1.29, 1.82) is 0 Å². The van der Waals surface area contributed by atoms with Gasteiger partial charge in [0.15, 0.2) is 0 Å². The van der Waals surface area contributed by atoms with Crippen LogP contribution in [0.4, 0.5) is 0 Å². The lowest BCUT2D eigenvalue weighted by Gasteiger charge is -2.16. The Balaban J connectivity index is 1.37. The van der Waals surface area contributed by atoms with E-state index in [1.807, 2.05) is 30.3 Å². The molecule has 0 bridgehead atoms. The standard InChI is InChI=1S/C20H20N4O/c25-20(19-12-21-17-8-4-5-9-18(17)23-19)22-16-10-11-24(14-16)13-15-6-2-1-3-7-15/h1-9,12,16H,10-11,13-14H2,(H,22,25)/t16-/m0/s1. The Morgan fingerprint density at radius 2 is 1.84 bits per heavy atom. The van der Waals surface area contributed by atoms with E-state index in [9.17, 15) is 4.79 Å². The summed E-state index contributed by atoms with van der Waals surface area (Å²) < 4.78 is 0. The summed E-state index contributed by atoms with van der Waals surface area (Å²) in [4.78, 5) is 23.6. The van der Waals surface area contributed by atoms with Crippen molar-refractivity contribution in [2.24, 2.45) is 0 Å². The van der Waals surface area contributed by atoms with Crippen molar-refractivity contribution in [2.75, 3.05) is 13.1 Å². The van der Waals surface area contributed by atoms with Gasteiger partial charge in [-0.15, -0.1) is 0 Å². The third-order valence-electron chi connectivity index (χ3n) is 4.54. The van der Waals surface area contributed by atoms with E-state index in [1.54, 1.807) is 6.20 Å². The predicted molar refractivity (Wildman–Crippen MR) is 97.1 cm³/mol. The number of fused-ring (bicyclic) bond motifs is 1. The third-order valence-corrected chi connectivity index (χ3v) is 4.54. The van der Waals surface area contributed by atoms with Crippen LogP contribution in [0, 0.1) is 0 Å². The number of hydrogen-bond acceptors (Lipinski definition) is 4. The summed E-state index contributed by atoms with van der Waals surface area (Å²) >= 11 is 0. The number of aromatic nitrogens is 2. The number of nitrogens with zero attached hydrogens (tertiary/aromatic N) is 3. The van der Waals surface area contributed by atoms with Crippen LogP contribution in [-0.4, -0.2) is 39.9 Å². The minimum Gasteiger partial charge on any atom is -0.347 e. The van der Waals surface area contributed by atoms with Gasteiger partial charge < -0.3 is 5.32 Å². The van der Waals surface area contributed by atoms with Crippen LogP contribution < -0.4 is 5.32 Å². The molecular weight excluding hydrogens is 312 g/mol. The Hall–Kier alpha value is -2.79. The summed E-state index contributed by atoms with van der Waals surface area (Å²) in [6.07, 6.45) is 2.51. The molecule has 1 aromatic heterocycles. The van der Waals surface area contributed by atoms with E-state index >= 15 is 0 Å². The maximum absolute atomic E-state index is 12.5. The number of hydrogen-bond donors (Lipinski definition) is 1. The quantitative estimate of drug-likeness (QED) is 0.798. The minimum atomic E-state index is -0.148. The van der Waals surface area contributed by atoms with Crippen LogP contribution in [-0.2, 0) is 6.54 Å². The van der Waals surface area contributed by atoms with Crippen LogP contribution in [0.15, 0.2) is 60.8 Å². The highest BCUT2D eigenvalue weighted by molar-refractivity contribution is 5.93. The van der Waals surface area contributed by atoms with Crippen molar-refractivity contribution in [3.63, 3.8) is 0 Å². The van der Waals surface area contributed by atoms with Crippen LogP contribution in [0.25, 0.3) is 11.0 Å². The molecule has 5 heteroatoms. The molecule has 0 radical (unpaired) electrons. The first kappa shape index (κ1) is 15.7. The van der Waals surface area contributed by atoms with Crippen molar-refractivity contribution in [3.8, 4) is 0 Å². The molecule has 1 aliphatic heterocycles. The molecule has 1 fully saturated rings. The molecule has 3 aromatic rings. The fraction of sp³-hybridized carbons (Fsp3) is 0.250. The number of likely N-dealkylation sites (tertiary alicyclic amines) is 1. The zero-order chi connectivity index (χ0) is 17.1. The zero-order valence-corrected chi connectivity index (χ0v) is 13.9. The first-order valence-electron chi connectivity index (χ1n) is 8.57. The van der Waals surface area contributed by atoms with Gasteiger partial charge in [-0.25, -0.2) is 4.98 Å². The maximum atomic E-state index is 12.5. The molecule has 1 saturated heterocycles. The first-order valence-corrected chi connectivity index (χ1v) is 8.57. The highest BCUT2D eigenvalue weighted by Crippen LogP contribution is 2.14. The molecule has 4 rings (SSSR count). The summed E-state index contributed by atoms with van der Waals surface area (Å²) in [6.45, 7) is 2.77. The van der Waals surface area contributed by atoms with Gasteiger partial charge in [-0.2, -0.15) is 0 Å².